The summed E-state index contributed by atoms with van der Waals surface area (Å²) < 4.78 is 38.5. The fraction of sp³-hybridized carbons (Fsp3) is 0.222. The van der Waals surface area contributed by atoms with Crippen LogP contribution in [0.2, 0.25) is 0 Å². The summed E-state index contributed by atoms with van der Waals surface area (Å²) in [6.07, 6.45) is 0. The molecule has 3 nitrogen and oxygen atoms in total. The monoisotopic (exact) mass is 218 g/mol. The van der Waals surface area contributed by atoms with E-state index in [1.807, 2.05) is 0 Å². The Hall–Kier alpha value is -1.56. The zero-order chi connectivity index (χ0) is 11.6. The van der Waals surface area contributed by atoms with Crippen molar-refractivity contribution in [3.05, 3.63) is 35.1 Å². The van der Waals surface area contributed by atoms with Gasteiger partial charge in [0.15, 0.2) is 11.6 Å². The van der Waals surface area contributed by atoms with E-state index in [-0.39, 0.29) is 5.56 Å². The van der Waals surface area contributed by atoms with Gasteiger partial charge < -0.3 is 11.1 Å². The number of nitrogens with two attached hydrogens (primary N) is 1. The fourth-order valence-corrected chi connectivity index (χ4v) is 1.21. The Morgan fingerprint density at radius 3 is 2.27 bits per heavy atom. The van der Waals surface area contributed by atoms with Crippen molar-refractivity contribution in [3.63, 3.8) is 0 Å². The van der Waals surface area contributed by atoms with Gasteiger partial charge in [0.05, 0.1) is 0 Å². The number of carbonyl (C=O) groups excluding carboxylic acids is 1. The van der Waals surface area contributed by atoms with Crippen LogP contribution in [-0.4, -0.2) is 13.0 Å². The second-order valence-corrected chi connectivity index (χ2v) is 2.91. The predicted octanol–water partition coefficient (Wildman–Crippen LogP) is 0.850. The molecular formula is C9H9F3N2O. The molecule has 0 fully saturated rings. The number of primary amides is 1. The van der Waals surface area contributed by atoms with Gasteiger partial charge in [-0.1, -0.05) is 0 Å². The van der Waals surface area contributed by atoms with Crippen LogP contribution in [0.1, 0.15) is 11.6 Å². The maximum atomic E-state index is 13.2. The lowest BCUT2D eigenvalue weighted by molar-refractivity contribution is -0.120. The second-order valence-electron chi connectivity index (χ2n) is 2.91. The number of likely N-dealkylation sites (N-methyl/N-ethyl adjacent to an activating group) is 1. The van der Waals surface area contributed by atoms with Crippen LogP contribution in [0.4, 0.5) is 13.2 Å². The van der Waals surface area contributed by atoms with Gasteiger partial charge in [-0.2, -0.15) is 0 Å². The third kappa shape index (κ3) is 2.27. The molecule has 82 valence electrons. The lowest BCUT2D eigenvalue weighted by atomic mass is 10.1. The first-order chi connectivity index (χ1) is 6.97. The average Bonchev–Trinajstić information content (AvgIpc) is 2.14. The highest BCUT2D eigenvalue weighted by atomic mass is 19.2. The van der Waals surface area contributed by atoms with Crippen molar-refractivity contribution in [1.29, 1.82) is 0 Å². The number of halogens is 3. The minimum Gasteiger partial charge on any atom is -0.368 e. The maximum Gasteiger partial charge on any atom is 0.239 e. The quantitative estimate of drug-likeness (QED) is 0.739. The summed E-state index contributed by atoms with van der Waals surface area (Å²) in [6, 6.07) is -0.200. The van der Waals surface area contributed by atoms with Gasteiger partial charge in [-0.05, 0) is 13.1 Å². The molecule has 0 aliphatic heterocycles. The summed E-state index contributed by atoms with van der Waals surface area (Å²) in [6.45, 7) is 0. The number of benzene rings is 1. The van der Waals surface area contributed by atoms with Crippen molar-refractivity contribution in [1.82, 2.24) is 5.32 Å². The number of carbonyl (C=O) groups is 1. The van der Waals surface area contributed by atoms with Gasteiger partial charge in [-0.15, -0.1) is 0 Å². The summed E-state index contributed by atoms with van der Waals surface area (Å²) in [4.78, 5) is 10.9. The Balaban J connectivity index is 3.24. The second kappa shape index (κ2) is 4.31. The molecule has 1 rings (SSSR count). The molecule has 0 spiro atoms. The minimum absolute atomic E-state index is 0.316. The first-order valence-corrected chi connectivity index (χ1v) is 4.08. The summed E-state index contributed by atoms with van der Waals surface area (Å²) in [5, 5.41) is 2.40. The van der Waals surface area contributed by atoms with Crippen LogP contribution in [0.25, 0.3) is 0 Å². The van der Waals surface area contributed by atoms with Crippen LogP contribution in [-0.2, 0) is 4.79 Å². The molecule has 1 amide bonds. The molecule has 1 aromatic rings. The van der Waals surface area contributed by atoms with E-state index in [0.29, 0.717) is 12.1 Å². The van der Waals surface area contributed by atoms with Gasteiger partial charge in [-0.25, -0.2) is 13.2 Å². The molecule has 0 aliphatic carbocycles. The predicted molar refractivity (Wildman–Crippen MR) is 47.3 cm³/mol. The van der Waals surface area contributed by atoms with E-state index in [9.17, 15) is 18.0 Å². The van der Waals surface area contributed by atoms with E-state index >= 15 is 0 Å². The summed E-state index contributed by atoms with van der Waals surface area (Å²) >= 11 is 0. The summed E-state index contributed by atoms with van der Waals surface area (Å²) in [7, 11) is 1.36. The first kappa shape index (κ1) is 11.5. The fourth-order valence-electron chi connectivity index (χ4n) is 1.21. The molecule has 6 heteroatoms. The van der Waals surface area contributed by atoms with Crippen LogP contribution >= 0.6 is 0 Å². The normalized spacial score (nSPS) is 12.5. The average molecular weight is 218 g/mol. The zero-order valence-corrected chi connectivity index (χ0v) is 7.85. The highest BCUT2D eigenvalue weighted by molar-refractivity contribution is 5.81. The SMILES string of the molecule is CNC(C(N)=O)c1cc(F)c(F)cc1F. The molecule has 0 radical (unpaired) electrons. The topological polar surface area (TPSA) is 55.1 Å². The van der Waals surface area contributed by atoms with Gasteiger partial charge in [-0.3, -0.25) is 4.79 Å². The van der Waals surface area contributed by atoms with Gasteiger partial charge in [0.1, 0.15) is 11.9 Å². The minimum atomic E-state index is -1.31. The van der Waals surface area contributed by atoms with Gasteiger partial charge in [0, 0.05) is 11.6 Å². The Kier molecular flexibility index (Phi) is 3.31. The highest BCUT2D eigenvalue weighted by Gasteiger charge is 2.21. The first-order valence-electron chi connectivity index (χ1n) is 4.08. The van der Waals surface area contributed by atoms with Crippen molar-refractivity contribution in [3.8, 4) is 0 Å². The van der Waals surface area contributed by atoms with Crippen molar-refractivity contribution in [2.75, 3.05) is 7.05 Å². The van der Waals surface area contributed by atoms with E-state index in [1.165, 1.54) is 7.05 Å². The summed E-state index contributed by atoms with van der Waals surface area (Å²) in [5.41, 5.74) is 4.64. The molecule has 1 aromatic carbocycles. The van der Waals surface area contributed by atoms with Gasteiger partial charge in [0.2, 0.25) is 5.91 Å². The molecule has 0 aromatic heterocycles. The number of nitrogens with one attached hydrogen (secondary N) is 1. The van der Waals surface area contributed by atoms with E-state index in [1.54, 1.807) is 0 Å². The van der Waals surface area contributed by atoms with Crippen LogP contribution in [0.15, 0.2) is 12.1 Å². The largest absolute Gasteiger partial charge is 0.368 e. The Morgan fingerprint density at radius 1 is 1.27 bits per heavy atom. The molecule has 1 atom stereocenters. The number of amides is 1. The highest BCUT2D eigenvalue weighted by Crippen LogP contribution is 2.19. The molecule has 0 bridgehead atoms. The van der Waals surface area contributed by atoms with Crippen molar-refractivity contribution in [2.45, 2.75) is 6.04 Å². The summed E-state index contributed by atoms with van der Waals surface area (Å²) in [5.74, 6) is -4.43. The molecular weight excluding hydrogens is 209 g/mol. The molecule has 0 saturated carbocycles. The van der Waals surface area contributed by atoms with Crippen molar-refractivity contribution >= 4 is 5.91 Å². The lowest BCUT2D eigenvalue weighted by Gasteiger charge is -2.13. The lowest BCUT2D eigenvalue weighted by Crippen LogP contribution is -2.32. The molecule has 3 N–H and O–H groups in total. The third-order valence-electron chi connectivity index (χ3n) is 1.92. The van der Waals surface area contributed by atoms with Crippen LogP contribution in [0.3, 0.4) is 0 Å². The molecule has 0 heterocycles. The van der Waals surface area contributed by atoms with Crippen molar-refractivity contribution in [2.24, 2.45) is 5.73 Å². The van der Waals surface area contributed by atoms with E-state index in [2.05, 4.69) is 5.32 Å². The van der Waals surface area contributed by atoms with Crippen molar-refractivity contribution < 1.29 is 18.0 Å². The molecule has 1 unspecified atom stereocenters. The van der Waals surface area contributed by atoms with E-state index in [0.717, 1.165) is 0 Å². The van der Waals surface area contributed by atoms with Crippen LogP contribution in [0.5, 0.6) is 0 Å². The van der Waals surface area contributed by atoms with Crippen LogP contribution < -0.4 is 11.1 Å². The Morgan fingerprint density at radius 2 is 1.80 bits per heavy atom. The number of hydrogen-bond donors (Lipinski definition) is 2. The van der Waals surface area contributed by atoms with E-state index < -0.39 is 29.4 Å². The Bertz CT molecular complexity index is 395. The number of rotatable bonds is 3. The molecule has 15 heavy (non-hydrogen) atoms. The smallest absolute Gasteiger partial charge is 0.239 e. The third-order valence-corrected chi connectivity index (χ3v) is 1.92. The Labute approximate surface area is 84.1 Å². The van der Waals surface area contributed by atoms with Gasteiger partial charge in [0.25, 0.3) is 0 Å². The zero-order valence-electron chi connectivity index (χ0n) is 7.85. The van der Waals surface area contributed by atoms with E-state index in [4.69, 9.17) is 5.73 Å². The van der Waals surface area contributed by atoms with Gasteiger partial charge >= 0.3 is 0 Å². The maximum absolute atomic E-state index is 13.2. The standard InChI is InChI=1S/C9H9F3N2O/c1-14-8(9(13)15)4-2-6(11)7(12)3-5(4)10/h2-3,8,14H,1H3,(H2,13,15). The number of hydrogen-bond acceptors (Lipinski definition) is 2. The van der Waals surface area contributed by atoms with Crippen LogP contribution in [0, 0.1) is 17.5 Å². The molecule has 0 aliphatic rings. The molecule has 0 saturated heterocycles.